The molecular formula is C16H15NO3. The van der Waals surface area contributed by atoms with E-state index < -0.39 is 0 Å². The maximum atomic E-state index is 12.5. The zero-order valence-electron chi connectivity index (χ0n) is 11.6. The Morgan fingerprint density at radius 3 is 2.65 bits per heavy atom. The summed E-state index contributed by atoms with van der Waals surface area (Å²) >= 11 is 0. The zero-order chi connectivity index (χ0) is 14.3. The third kappa shape index (κ3) is 1.81. The Morgan fingerprint density at radius 2 is 1.95 bits per heavy atom. The summed E-state index contributed by atoms with van der Waals surface area (Å²) in [5.74, 6) is 0.738. The van der Waals surface area contributed by atoms with Gasteiger partial charge in [-0.1, -0.05) is 12.1 Å². The van der Waals surface area contributed by atoms with Gasteiger partial charge >= 0.3 is 0 Å². The highest BCUT2D eigenvalue weighted by Crippen LogP contribution is 2.30. The molecule has 1 heterocycles. The lowest BCUT2D eigenvalue weighted by Crippen LogP contribution is -2.27. The molecule has 0 atom stereocenters. The first-order chi connectivity index (χ1) is 9.61. The van der Waals surface area contributed by atoms with Crippen LogP contribution in [-0.4, -0.2) is 26.1 Å². The van der Waals surface area contributed by atoms with E-state index in [0.29, 0.717) is 16.4 Å². The van der Waals surface area contributed by atoms with Crippen LogP contribution in [0.15, 0.2) is 39.5 Å². The predicted octanol–water partition coefficient (Wildman–Crippen LogP) is 1.97. The van der Waals surface area contributed by atoms with Gasteiger partial charge in [0, 0.05) is 36.5 Å². The second-order valence-electron chi connectivity index (χ2n) is 4.88. The Hall–Kier alpha value is -2.49. The molecule has 0 saturated carbocycles. The van der Waals surface area contributed by atoms with Crippen LogP contribution >= 0.6 is 0 Å². The van der Waals surface area contributed by atoms with Crippen LogP contribution in [0.1, 0.15) is 0 Å². The number of ether oxygens (including phenoxy) is 1. The molecule has 0 amide bonds. The number of rotatable bonds is 2. The quantitative estimate of drug-likeness (QED) is 0.713. The van der Waals surface area contributed by atoms with E-state index in [0.717, 1.165) is 16.5 Å². The first-order valence-electron chi connectivity index (χ1n) is 6.32. The number of benzene rings is 2. The third-order valence-electron chi connectivity index (χ3n) is 3.25. The summed E-state index contributed by atoms with van der Waals surface area (Å²) in [5, 5.41) is 2.35. The second kappa shape index (κ2) is 4.56. The van der Waals surface area contributed by atoms with Crippen LogP contribution in [0.5, 0.6) is 5.75 Å². The van der Waals surface area contributed by atoms with E-state index in [1.807, 2.05) is 38.4 Å². The van der Waals surface area contributed by atoms with Gasteiger partial charge in [0.05, 0.1) is 7.11 Å². The molecule has 0 fully saturated rings. The van der Waals surface area contributed by atoms with Crippen molar-refractivity contribution in [3.8, 4) is 5.75 Å². The number of hydrogen-bond acceptors (Lipinski definition) is 4. The first kappa shape index (κ1) is 12.5. The molecule has 102 valence electrons. The van der Waals surface area contributed by atoms with Crippen LogP contribution in [0.3, 0.4) is 0 Å². The molecule has 0 spiro atoms. The van der Waals surface area contributed by atoms with Crippen molar-refractivity contribution >= 4 is 27.9 Å². The van der Waals surface area contributed by atoms with Crippen LogP contribution in [-0.2, 0) is 0 Å². The summed E-state index contributed by atoms with van der Waals surface area (Å²) < 4.78 is 11.1. The van der Waals surface area contributed by atoms with Crippen LogP contribution in [0.25, 0.3) is 27.9 Å². The van der Waals surface area contributed by atoms with Crippen molar-refractivity contribution in [3.63, 3.8) is 0 Å². The van der Waals surface area contributed by atoms with Crippen molar-refractivity contribution < 1.29 is 9.15 Å². The predicted molar refractivity (Wildman–Crippen MR) is 79.9 cm³/mol. The van der Waals surface area contributed by atoms with Crippen molar-refractivity contribution in [1.82, 2.24) is 4.90 Å². The second-order valence-corrected chi connectivity index (χ2v) is 4.88. The summed E-state index contributed by atoms with van der Waals surface area (Å²) in [5.41, 5.74) is 0.911. The summed E-state index contributed by atoms with van der Waals surface area (Å²) in [4.78, 5) is 14.3. The maximum absolute atomic E-state index is 12.5. The molecule has 4 heteroatoms. The normalized spacial score (nSPS) is 12.2. The molecule has 0 aliphatic heterocycles. The highest BCUT2D eigenvalue weighted by Gasteiger charge is 2.12. The van der Waals surface area contributed by atoms with Crippen molar-refractivity contribution in [2.24, 2.45) is 0 Å². The molecule has 20 heavy (non-hydrogen) atoms. The Kier molecular flexibility index (Phi) is 2.86. The Labute approximate surface area is 115 Å². The molecule has 0 bridgehead atoms. The Bertz CT molecular complexity index is 893. The summed E-state index contributed by atoms with van der Waals surface area (Å²) in [6.07, 6.45) is 1.69. The van der Waals surface area contributed by atoms with Gasteiger partial charge in [-0.05, 0) is 18.2 Å². The van der Waals surface area contributed by atoms with E-state index >= 15 is 0 Å². The molecule has 4 nitrogen and oxygen atoms in total. The molecule has 0 N–H and O–H groups in total. The molecule has 3 aromatic rings. The topological polar surface area (TPSA) is 42.7 Å². The minimum absolute atomic E-state index is 0.106. The van der Waals surface area contributed by atoms with E-state index in [2.05, 4.69) is 0 Å². The van der Waals surface area contributed by atoms with E-state index in [9.17, 15) is 4.79 Å². The fraction of sp³-hybridized carbons (Fsp3) is 0.188. The molecule has 0 radical (unpaired) electrons. The van der Waals surface area contributed by atoms with Gasteiger partial charge in [0.1, 0.15) is 11.3 Å². The minimum Gasteiger partial charge on any atom is -0.496 e. The largest absolute Gasteiger partial charge is 0.496 e. The standard InChI is InChI=1S/C16H15NO3/c1-17(2)9-14-16(18)11-7-8-12(19-3)10-5-4-6-13(20-14)15(10)11/h4-9H,1-3H3. The van der Waals surface area contributed by atoms with Gasteiger partial charge in [-0.25, -0.2) is 0 Å². The monoisotopic (exact) mass is 269 g/mol. The molecule has 0 saturated heterocycles. The van der Waals surface area contributed by atoms with E-state index in [1.165, 1.54) is 0 Å². The van der Waals surface area contributed by atoms with Gasteiger partial charge in [0.25, 0.3) is 0 Å². The average molecular weight is 269 g/mol. The van der Waals surface area contributed by atoms with Gasteiger partial charge in [-0.3, -0.25) is 4.79 Å². The molecule has 0 unspecified atom stereocenters. The summed E-state index contributed by atoms with van der Waals surface area (Å²) in [6.45, 7) is 0. The minimum atomic E-state index is -0.106. The third-order valence-corrected chi connectivity index (χ3v) is 3.25. The zero-order valence-corrected chi connectivity index (χ0v) is 11.6. The SMILES string of the molecule is COc1ccc2c(=O)c(=CN(C)C)oc3cccc1c32. The van der Waals surface area contributed by atoms with Gasteiger partial charge in [0.15, 0.2) is 5.42 Å². The van der Waals surface area contributed by atoms with Crippen molar-refractivity contribution in [3.05, 3.63) is 46.0 Å². The Morgan fingerprint density at radius 1 is 1.15 bits per heavy atom. The summed E-state index contributed by atoms with van der Waals surface area (Å²) in [7, 11) is 5.33. The molecule has 1 aromatic heterocycles. The number of nitrogens with zero attached hydrogens (tertiary/aromatic N) is 1. The van der Waals surface area contributed by atoms with Crippen molar-refractivity contribution in [2.45, 2.75) is 0 Å². The lowest BCUT2D eigenvalue weighted by molar-refractivity contribution is 0.420. The number of hydrogen-bond donors (Lipinski definition) is 0. The maximum Gasteiger partial charge on any atom is 0.230 e. The molecular weight excluding hydrogens is 254 g/mol. The number of methoxy groups -OCH3 is 1. The van der Waals surface area contributed by atoms with Crippen LogP contribution in [0.4, 0.5) is 0 Å². The van der Waals surface area contributed by atoms with Gasteiger partial charge < -0.3 is 14.1 Å². The van der Waals surface area contributed by atoms with Crippen LogP contribution in [0.2, 0.25) is 0 Å². The smallest absolute Gasteiger partial charge is 0.230 e. The van der Waals surface area contributed by atoms with E-state index in [-0.39, 0.29) is 5.43 Å². The lowest BCUT2D eigenvalue weighted by atomic mass is 10.0. The highest BCUT2D eigenvalue weighted by molar-refractivity contribution is 6.09. The van der Waals surface area contributed by atoms with Gasteiger partial charge in [-0.2, -0.15) is 0 Å². The molecule has 0 aliphatic carbocycles. The first-order valence-corrected chi connectivity index (χ1v) is 6.32. The van der Waals surface area contributed by atoms with E-state index in [4.69, 9.17) is 9.15 Å². The fourth-order valence-corrected chi connectivity index (χ4v) is 2.42. The van der Waals surface area contributed by atoms with Crippen LogP contribution in [0, 0.1) is 0 Å². The van der Waals surface area contributed by atoms with Gasteiger partial charge in [0.2, 0.25) is 5.43 Å². The molecule has 2 aromatic carbocycles. The molecule has 3 rings (SSSR count). The summed E-state index contributed by atoms with van der Waals surface area (Å²) in [6, 6.07) is 9.30. The fourth-order valence-electron chi connectivity index (χ4n) is 2.42. The Balaban J connectivity index is 2.56. The van der Waals surface area contributed by atoms with Crippen molar-refractivity contribution in [2.75, 3.05) is 21.2 Å². The van der Waals surface area contributed by atoms with Gasteiger partial charge in [-0.15, -0.1) is 0 Å². The highest BCUT2D eigenvalue weighted by atomic mass is 16.5. The molecule has 0 aliphatic rings. The van der Waals surface area contributed by atoms with E-state index in [1.54, 1.807) is 24.3 Å². The van der Waals surface area contributed by atoms with Crippen LogP contribution < -0.4 is 15.6 Å². The lowest BCUT2D eigenvalue weighted by Gasteiger charge is -2.09. The average Bonchev–Trinajstić information content (AvgIpc) is 2.43. The van der Waals surface area contributed by atoms with Crippen molar-refractivity contribution in [1.29, 1.82) is 0 Å².